The molecule has 7 nitrogen and oxygen atoms in total. The number of hydrogen-bond acceptors (Lipinski definition) is 6. The van der Waals surface area contributed by atoms with Crippen molar-refractivity contribution in [2.45, 2.75) is 4.12 Å². The number of aromatic nitrogens is 2. The zero-order valence-electron chi connectivity index (χ0n) is 10.5. The predicted molar refractivity (Wildman–Crippen MR) is 75.4 cm³/mol. The van der Waals surface area contributed by atoms with E-state index in [1.165, 1.54) is 7.11 Å². The second-order valence-corrected chi connectivity index (χ2v) is 4.88. The van der Waals surface area contributed by atoms with Crippen molar-refractivity contribution in [2.24, 2.45) is 0 Å². The number of benzene rings is 1. The number of ether oxygens (including phenoxy) is 2. The van der Waals surface area contributed by atoms with Gasteiger partial charge in [0.15, 0.2) is 0 Å². The van der Waals surface area contributed by atoms with E-state index in [4.69, 9.17) is 0 Å². The fraction of sp³-hybridized carbons (Fsp3) is 0.182. The molecule has 0 aliphatic heterocycles. The average Bonchev–Trinajstić information content (AvgIpc) is 2.85. The van der Waals surface area contributed by atoms with E-state index in [2.05, 4.69) is 29.5 Å². The maximum atomic E-state index is 12.6. The minimum absolute atomic E-state index is 0.0790. The number of nitrogens with zero attached hydrogens (tertiary/aromatic N) is 2. The smallest absolute Gasteiger partial charge is 0.453 e. The van der Waals surface area contributed by atoms with Gasteiger partial charge in [0.05, 0.1) is 29.7 Å². The molecule has 0 aliphatic carbocycles. The highest BCUT2D eigenvalue weighted by molar-refractivity contribution is 14.1. The zero-order chi connectivity index (χ0) is 15.5. The van der Waals surface area contributed by atoms with Crippen LogP contribution >= 0.6 is 22.6 Å². The molecule has 0 bridgehead atoms. The molecule has 2 aromatic rings. The molecule has 0 radical (unpaired) electrons. The van der Waals surface area contributed by atoms with Crippen molar-refractivity contribution in [3.05, 3.63) is 24.3 Å². The lowest BCUT2D eigenvalue weighted by atomic mass is 10.2. The van der Waals surface area contributed by atoms with Crippen LogP contribution < -0.4 is 10.1 Å². The Morgan fingerprint density at radius 1 is 1.38 bits per heavy atom. The van der Waals surface area contributed by atoms with Crippen LogP contribution in [0.25, 0.3) is 11.4 Å². The Bertz CT molecular complexity index is 627. The van der Waals surface area contributed by atoms with Crippen molar-refractivity contribution in [1.29, 1.82) is 0 Å². The van der Waals surface area contributed by atoms with Gasteiger partial charge in [-0.05, 0) is 24.3 Å². The quantitative estimate of drug-likeness (QED) is 0.614. The van der Waals surface area contributed by atoms with Gasteiger partial charge in [0.1, 0.15) is 0 Å². The number of nitrogens with one attached hydrogen (secondary N) is 1. The minimum atomic E-state index is -3.43. The van der Waals surface area contributed by atoms with Crippen molar-refractivity contribution >= 4 is 34.4 Å². The second-order valence-electron chi connectivity index (χ2n) is 3.63. The number of rotatable bonds is 4. The Labute approximate surface area is 130 Å². The SMILES string of the molecule is COC(=O)Nc1ccc(-c2noc(OC(F)(F)I)n2)cc1. The van der Waals surface area contributed by atoms with E-state index < -0.39 is 16.3 Å². The van der Waals surface area contributed by atoms with E-state index in [1.807, 2.05) is 0 Å². The van der Waals surface area contributed by atoms with Gasteiger partial charge in [0.25, 0.3) is 0 Å². The average molecular weight is 411 g/mol. The lowest BCUT2D eigenvalue weighted by molar-refractivity contribution is -0.0881. The summed E-state index contributed by atoms with van der Waals surface area (Å²) < 4.78 is 34.9. The summed E-state index contributed by atoms with van der Waals surface area (Å²) in [6.45, 7) is 0. The van der Waals surface area contributed by atoms with Crippen LogP contribution in [0.5, 0.6) is 6.08 Å². The summed E-state index contributed by atoms with van der Waals surface area (Å²) in [6, 6.07) is 6.27. The molecule has 0 saturated carbocycles. The third-order valence-electron chi connectivity index (χ3n) is 2.19. The van der Waals surface area contributed by atoms with Crippen LogP contribution in [0.1, 0.15) is 0 Å². The number of halogens is 3. The zero-order valence-corrected chi connectivity index (χ0v) is 12.6. The molecule has 0 saturated heterocycles. The molecule has 2 rings (SSSR count). The fourth-order valence-corrected chi connectivity index (χ4v) is 1.53. The van der Waals surface area contributed by atoms with Crippen LogP contribution in [0, 0.1) is 0 Å². The fourth-order valence-electron chi connectivity index (χ4n) is 1.34. The molecule has 0 spiro atoms. The predicted octanol–water partition coefficient (Wildman–Crippen LogP) is 3.28. The first-order chi connectivity index (χ1) is 9.87. The van der Waals surface area contributed by atoms with E-state index in [1.54, 1.807) is 24.3 Å². The van der Waals surface area contributed by atoms with Gasteiger partial charge in [-0.1, -0.05) is 5.16 Å². The van der Waals surface area contributed by atoms with Gasteiger partial charge in [-0.15, -0.1) is 0 Å². The Hall–Kier alpha value is -1.98. The van der Waals surface area contributed by atoms with E-state index in [0.29, 0.717) is 11.3 Å². The summed E-state index contributed by atoms with van der Waals surface area (Å²) in [5, 5.41) is 5.97. The lowest BCUT2D eigenvalue weighted by Crippen LogP contribution is -2.14. The topological polar surface area (TPSA) is 86.5 Å². The number of hydrogen-bond donors (Lipinski definition) is 1. The lowest BCUT2D eigenvalue weighted by Gasteiger charge is -2.04. The largest absolute Gasteiger partial charge is 0.455 e. The monoisotopic (exact) mass is 411 g/mol. The number of methoxy groups -OCH3 is 1. The van der Waals surface area contributed by atoms with Crippen molar-refractivity contribution in [3.63, 3.8) is 0 Å². The highest BCUT2D eigenvalue weighted by Crippen LogP contribution is 2.28. The van der Waals surface area contributed by atoms with E-state index in [9.17, 15) is 13.6 Å². The molecule has 1 N–H and O–H groups in total. The summed E-state index contributed by atoms with van der Waals surface area (Å²) >= 11 is 0.788. The maximum absolute atomic E-state index is 12.6. The first-order valence-corrected chi connectivity index (χ1v) is 6.50. The summed E-state index contributed by atoms with van der Waals surface area (Å²) in [5.41, 5.74) is 0.991. The Kier molecular flexibility index (Phi) is 4.55. The summed E-state index contributed by atoms with van der Waals surface area (Å²) in [4.78, 5) is 14.7. The molecule has 21 heavy (non-hydrogen) atoms. The number of anilines is 1. The molecule has 0 aliphatic rings. The van der Waals surface area contributed by atoms with Gasteiger partial charge in [0.2, 0.25) is 5.82 Å². The number of carbonyl (C=O) groups excluding carboxylic acids is 1. The van der Waals surface area contributed by atoms with Crippen LogP contribution in [-0.4, -0.2) is 27.5 Å². The molecule has 1 aromatic carbocycles. The third-order valence-corrected chi connectivity index (χ3v) is 2.41. The first kappa shape index (κ1) is 15.4. The van der Waals surface area contributed by atoms with Crippen LogP contribution in [0.2, 0.25) is 0 Å². The normalized spacial score (nSPS) is 11.0. The van der Waals surface area contributed by atoms with Crippen LogP contribution in [0.4, 0.5) is 19.3 Å². The Morgan fingerprint density at radius 3 is 2.62 bits per heavy atom. The van der Waals surface area contributed by atoms with Gasteiger partial charge in [-0.3, -0.25) is 9.84 Å². The van der Waals surface area contributed by atoms with Crippen LogP contribution in [-0.2, 0) is 4.74 Å². The van der Waals surface area contributed by atoms with Crippen LogP contribution in [0.3, 0.4) is 0 Å². The van der Waals surface area contributed by atoms with Gasteiger partial charge in [-0.25, -0.2) is 4.79 Å². The van der Waals surface area contributed by atoms with E-state index >= 15 is 0 Å². The van der Waals surface area contributed by atoms with E-state index in [-0.39, 0.29) is 5.82 Å². The molecule has 0 fully saturated rings. The second kappa shape index (κ2) is 6.20. The maximum Gasteiger partial charge on any atom is 0.455 e. The number of carbonyl (C=O) groups is 1. The molecule has 1 heterocycles. The van der Waals surface area contributed by atoms with Gasteiger partial charge in [0, 0.05) is 11.3 Å². The number of alkyl halides is 3. The van der Waals surface area contributed by atoms with Crippen molar-refractivity contribution in [3.8, 4) is 17.5 Å². The molecule has 10 heteroatoms. The summed E-state index contributed by atoms with van der Waals surface area (Å²) in [5.74, 6) is 0.0790. The Balaban J connectivity index is 2.10. The molecular weight excluding hydrogens is 403 g/mol. The van der Waals surface area contributed by atoms with Gasteiger partial charge < -0.3 is 9.47 Å². The first-order valence-electron chi connectivity index (χ1n) is 5.42. The molecule has 0 unspecified atom stereocenters. The van der Waals surface area contributed by atoms with Crippen molar-refractivity contribution in [1.82, 2.24) is 10.1 Å². The van der Waals surface area contributed by atoms with Gasteiger partial charge in [-0.2, -0.15) is 13.8 Å². The van der Waals surface area contributed by atoms with Crippen molar-refractivity contribution < 1.29 is 27.6 Å². The van der Waals surface area contributed by atoms with E-state index in [0.717, 1.165) is 22.6 Å². The van der Waals surface area contributed by atoms with Gasteiger partial charge >= 0.3 is 16.3 Å². The van der Waals surface area contributed by atoms with Crippen molar-refractivity contribution in [2.75, 3.05) is 12.4 Å². The summed E-state index contributed by atoms with van der Waals surface area (Å²) in [6.07, 6.45) is -1.25. The molecule has 0 atom stereocenters. The van der Waals surface area contributed by atoms with Crippen LogP contribution in [0.15, 0.2) is 28.8 Å². The molecule has 112 valence electrons. The molecule has 1 amide bonds. The standard InChI is InChI=1S/C11H8F2IN3O4/c1-19-9(18)15-7-4-2-6(3-5-7)8-16-10(21-17-8)20-11(12,13)14/h2-5H,1H3,(H,15,18). The molecule has 1 aromatic heterocycles. The summed E-state index contributed by atoms with van der Waals surface area (Å²) in [7, 11) is 1.24. The Morgan fingerprint density at radius 2 is 2.05 bits per heavy atom. The molecular formula is C11H8F2IN3O4. The minimum Gasteiger partial charge on any atom is -0.453 e. The highest BCUT2D eigenvalue weighted by atomic mass is 127. The highest BCUT2D eigenvalue weighted by Gasteiger charge is 2.29. The third kappa shape index (κ3) is 4.51. The number of amides is 1.